The van der Waals surface area contributed by atoms with Gasteiger partial charge in [0.25, 0.3) is 5.91 Å². The van der Waals surface area contributed by atoms with Crippen molar-refractivity contribution in [3.05, 3.63) is 55.7 Å². The van der Waals surface area contributed by atoms with Gasteiger partial charge in [0.1, 0.15) is 0 Å². The van der Waals surface area contributed by atoms with Gasteiger partial charge in [-0.05, 0) is 73.2 Å². The third kappa shape index (κ3) is 6.85. The van der Waals surface area contributed by atoms with Gasteiger partial charge in [-0.1, -0.05) is 23.2 Å². The summed E-state index contributed by atoms with van der Waals surface area (Å²) in [6, 6.07) is 5.95. The molecule has 3 rings (SSSR count). The van der Waals surface area contributed by atoms with Crippen LogP contribution in [0.5, 0.6) is 0 Å². The minimum absolute atomic E-state index is 0.0217. The fourth-order valence-electron chi connectivity index (χ4n) is 4.38. The van der Waals surface area contributed by atoms with Crippen LogP contribution in [0.2, 0.25) is 10.0 Å². The molecule has 1 aromatic carbocycles. The fraction of sp³-hybridized carbons (Fsp3) is 0.500. The summed E-state index contributed by atoms with van der Waals surface area (Å²) in [5, 5.41) is 10.8. The molecule has 0 unspecified atom stereocenters. The second kappa shape index (κ2) is 12.1. The van der Waals surface area contributed by atoms with E-state index in [0.717, 1.165) is 37.9 Å². The van der Waals surface area contributed by atoms with Crippen LogP contribution in [0.1, 0.15) is 47.7 Å². The molecule has 9 heteroatoms. The van der Waals surface area contributed by atoms with Crippen LogP contribution in [0.3, 0.4) is 0 Å². The van der Waals surface area contributed by atoms with Crippen molar-refractivity contribution in [1.82, 2.24) is 20.4 Å². The number of rotatable bonds is 8. The average Bonchev–Trinajstić information content (AvgIpc) is 3.29. The van der Waals surface area contributed by atoms with Crippen LogP contribution >= 0.6 is 34.5 Å². The molecule has 0 bridgehead atoms. The van der Waals surface area contributed by atoms with Gasteiger partial charge in [0, 0.05) is 50.3 Å². The number of urea groups is 1. The first-order chi connectivity index (χ1) is 15.8. The lowest BCUT2D eigenvalue weighted by atomic mass is 10.0. The lowest BCUT2D eigenvalue weighted by molar-refractivity contribution is 0.0907. The number of nitrogens with one attached hydrogen (secondary N) is 2. The first-order valence-electron chi connectivity index (χ1n) is 11.3. The molecule has 180 valence electrons. The number of thiophene rings is 1. The van der Waals surface area contributed by atoms with E-state index in [1.807, 2.05) is 17.2 Å². The number of aryl methyl sites for hydroxylation is 1. The van der Waals surface area contributed by atoms with E-state index in [-0.39, 0.29) is 18.0 Å². The van der Waals surface area contributed by atoms with Crippen molar-refractivity contribution in [1.29, 1.82) is 0 Å². The minimum Gasteiger partial charge on any atom is -0.352 e. The van der Waals surface area contributed by atoms with E-state index < -0.39 is 0 Å². The van der Waals surface area contributed by atoms with E-state index in [1.54, 1.807) is 30.5 Å². The highest BCUT2D eigenvalue weighted by molar-refractivity contribution is 7.07. The molecular formula is C24H32Cl2N4O2S. The van der Waals surface area contributed by atoms with Gasteiger partial charge in [0.05, 0.1) is 10.6 Å². The molecule has 1 saturated heterocycles. The highest BCUT2D eigenvalue weighted by Gasteiger charge is 2.29. The maximum absolute atomic E-state index is 12.6. The molecule has 33 heavy (non-hydrogen) atoms. The standard InChI is InChI=1S/C24H32Cl2N4O2S/c1-16-12-19(25)13-21(26)22(16)23(31)28-8-4-17(2)29-9-5-20(6-10-29)30(24(32)27-3)14-18-7-11-33-15-18/h7,11-13,15,17,20H,4-6,8-10,14H2,1-3H3,(H,27,32)(H,28,31)/t17-/m1/s1. The zero-order valence-corrected chi connectivity index (χ0v) is 21.7. The normalized spacial score (nSPS) is 15.8. The number of carbonyl (C=O) groups is 2. The van der Waals surface area contributed by atoms with Crippen molar-refractivity contribution >= 4 is 46.5 Å². The van der Waals surface area contributed by atoms with Gasteiger partial charge in [-0.3, -0.25) is 4.79 Å². The van der Waals surface area contributed by atoms with Gasteiger partial charge in [-0.25, -0.2) is 4.79 Å². The van der Waals surface area contributed by atoms with Gasteiger partial charge in [-0.15, -0.1) is 0 Å². The monoisotopic (exact) mass is 510 g/mol. The zero-order valence-electron chi connectivity index (χ0n) is 19.4. The number of piperidine rings is 1. The quantitative estimate of drug-likeness (QED) is 0.514. The molecule has 1 fully saturated rings. The predicted octanol–water partition coefficient (Wildman–Crippen LogP) is 5.18. The highest BCUT2D eigenvalue weighted by Crippen LogP contribution is 2.25. The Kier molecular flexibility index (Phi) is 9.44. The van der Waals surface area contributed by atoms with Crippen molar-refractivity contribution in [3.63, 3.8) is 0 Å². The van der Waals surface area contributed by atoms with Crippen molar-refractivity contribution < 1.29 is 9.59 Å². The summed E-state index contributed by atoms with van der Waals surface area (Å²) in [6.07, 6.45) is 2.72. The number of hydrogen-bond donors (Lipinski definition) is 2. The molecule has 0 radical (unpaired) electrons. The van der Waals surface area contributed by atoms with Crippen LogP contribution in [0.25, 0.3) is 0 Å². The van der Waals surface area contributed by atoms with Crippen LogP contribution < -0.4 is 10.6 Å². The molecule has 1 aromatic heterocycles. The Hall–Kier alpha value is -1.80. The van der Waals surface area contributed by atoms with Crippen molar-refractivity contribution in [2.45, 2.75) is 51.7 Å². The molecule has 0 saturated carbocycles. The molecule has 2 aromatic rings. The second-order valence-corrected chi connectivity index (χ2v) is 10.2. The topological polar surface area (TPSA) is 64.7 Å². The van der Waals surface area contributed by atoms with E-state index in [2.05, 4.69) is 33.9 Å². The largest absolute Gasteiger partial charge is 0.352 e. The number of likely N-dealkylation sites (tertiary alicyclic amines) is 1. The Labute approximate surface area is 210 Å². The maximum atomic E-state index is 12.6. The van der Waals surface area contributed by atoms with Crippen LogP contribution in [-0.2, 0) is 6.54 Å². The summed E-state index contributed by atoms with van der Waals surface area (Å²) in [4.78, 5) is 29.5. The number of carbonyl (C=O) groups excluding carboxylic acids is 2. The Balaban J connectivity index is 1.47. The number of amides is 3. The summed E-state index contributed by atoms with van der Waals surface area (Å²) in [5.74, 6) is -0.172. The highest BCUT2D eigenvalue weighted by atomic mass is 35.5. The summed E-state index contributed by atoms with van der Waals surface area (Å²) >= 11 is 13.9. The van der Waals surface area contributed by atoms with Crippen LogP contribution in [-0.4, -0.2) is 60.5 Å². The average molecular weight is 512 g/mol. The Bertz CT molecular complexity index is 923. The van der Waals surface area contributed by atoms with E-state index in [9.17, 15) is 9.59 Å². The Morgan fingerprint density at radius 2 is 2.00 bits per heavy atom. The smallest absolute Gasteiger partial charge is 0.317 e. The third-order valence-corrected chi connectivity index (χ3v) is 7.55. The zero-order chi connectivity index (χ0) is 24.0. The maximum Gasteiger partial charge on any atom is 0.317 e. The molecule has 3 amide bonds. The van der Waals surface area contributed by atoms with Crippen LogP contribution in [0, 0.1) is 6.92 Å². The molecule has 2 heterocycles. The van der Waals surface area contributed by atoms with Crippen molar-refractivity contribution in [3.8, 4) is 0 Å². The van der Waals surface area contributed by atoms with E-state index >= 15 is 0 Å². The minimum atomic E-state index is -0.172. The first kappa shape index (κ1) is 25.8. The number of benzene rings is 1. The number of nitrogens with zero attached hydrogens (tertiary/aromatic N) is 2. The molecule has 6 nitrogen and oxygen atoms in total. The fourth-order valence-corrected chi connectivity index (χ4v) is 5.72. The molecule has 1 aliphatic rings. The first-order valence-corrected chi connectivity index (χ1v) is 13.0. The van der Waals surface area contributed by atoms with E-state index in [1.165, 1.54) is 5.56 Å². The SMILES string of the molecule is CNC(=O)N(Cc1ccsc1)C1CCN([C@H](C)CCNC(=O)c2c(C)cc(Cl)cc2Cl)CC1. The molecule has 0 aliphatic carbocycles. The van der Waals surface area contributed by atoms with Gasteiger partial charge in [0.15, 0.2) is 0 Å². The summed E-state index contributed by atoms with van der Waals surface area (Å²) in [7, 11) is 1.69. The van der Waals surface area contributed by atoms with Gasteiger partial charge >= 0.3 is 6.03 Å². The van der Waals surface area contributed by atoms with Gasteiger partial charge < -0.3 is 20.4 Å². The lowest BCUT2D eigenvalue weighted by Crippen LogP contribution is -2.51. The van der Waals surface area contributed by atoms with E-state index in [4.69, 9.17) is 23.2 Å². The Morgan fingerprint density at radius 3 is 2.61 bits per heavy atom. The number of halogens is 2. The van der Waals surface area contributed by atoms with Crippen LogP contribution in [0.15, 0.2) is 29.0 Å². The summed E-state index contributed by atoms with van der Waals surface area (Å²) < 4.78 is 0. The Morgan fingerprint density at radius 1 is 1.27 bits per heavy atom. The summed E-state index contributed by atoms with van der Waals surface area (Å²) in [5.41, 5.74) is 2.42. The summed E-state index contributed by atoms with van der Waals surface area (Å²) in [6.45, 7) is 7.09. The van der Waals surface area contributed by atoms with Crippen LogP contribution in [0.4, 0.5) is 4.79 Å². The van der Waals surface area contributed by atoms with Crippen molar-refractivity contribution in [2.75, 3.05) is 26.7 Å². The van der Waals surface area contributed by atoms with Gasteiger partial charge in [-0.2, -0.15) is 11.3 Å². The lowest BCUT2D eigenvalue weighted by Gasteiger charge is -2.40. The molecule has 1 atom stereocenters. The molecule has 0 spiro atoms. The van der Waals surface area contributed by atoms with Gasteiger partial charge in [0.2, 0.25) is 0 Å². The predicted molar refractivity (Wildman–Crippen MR) is 137 cm³/mol. The second-order valence-electron chi connectivity index (χ2n) is 8.55. The van der Waals surface area contributed by atoms with E-state index in [0.29, 0.717) is 34.7 Å². The number of hydrogen-bond acceptors (Lipinski definition) is 4. The molecular weight excluding hydrogens is 479 g/mol. The molecule has 2 N–H and O–H groups in total. The van der Waals surface area contributed by atoms with Crippen molar-refractivity contribution in [2.24, 2.45) is 0 Å². The third-order valence-electron chi connectivity index (χ3n) is 6.30. The molecule has 1 aliphatic heterocycles.